The van der Waals surface area contributed by atoms with Gasteiger partial charge in [0.15, 0.2) is 0 Å². The van der Waals surface area contributed by atoms with Crippen LogP contribution in [0.3, 0.4) is 0 Å². The van der Waals surface area contributed by atoms with Crippen LogP contribution in [0.1, 0.15) is 32.6 Å². The van der Waals surface area contributed by atoms with Crippen LogP contribution in [0.5, 0.6) is 0 Å². The number of fused-ring (bicyclic) bond motifs is 1. The third-order valence-electron chi connectivity index (χ3n) is 5.89. The van der Waals surface area contributed by atoms with Crippen LogP contribution in [0.25, 0.3) is 0 Å². The summed E-state index contributed by atoms with van der Waals surface area (Å²) in [5.41, 5.74) is 5.22. The van der Waals surface area contributed by atoms with Gasteiger partial charge in [0.1, 0.15) is 0 Å². The molecule has 0 saturated carbocycles. The van der Waals surface area contributed by atoms with E-state index in [4.69, 9.17) is 0 Å². The van der Waals surface area contributed by atoms with Crippen molar-refractivity contribution in [3.8, 4) is 0 Å². The average Bonchev–Trinajstić information content (AvgIpc) is 2.78. The highest BCUT2D eigenvalue weighted by atomic mass is 32.2. The van der Waals surface area contributed by atoms with Crippen LogP contribution in [-0.2, 0) is 23.0 Å². The molecule has 4 rings (SSSR count). The Balaban J connectivity index is 1.63. The summed E-state index contributed by atoms with van der Waals surface area (Å²) < 4.78 is 27.6. The highest BCUT2D eigenvalue weighted by molar-refractivity contribution is 7.92. The fourth-order valence-electron chi connectivity index (χ4n) is 3.93. The van der Waals surface area contributed by atoms with Crippen molar-refractivity contribution >= 4 is 21.6 Å². The topological polar surface area (TPSA) is 57.7 Å². The van der Waals surface area contributed by atoms with E-state index in [1.165, 1.54) is 16.9 Å². The Kier molecular flexibility index (Phi) is 5.58. The second kappa shape index (κ2) is 8.19. The quantitative estimate of drug-likeness (QED) is 0.614. The molecule has 5 nitrogen and oxygen atoms in total. The van der Waals surface area contributed by atoms with Gasteiger partial charge in [0.05, 0.1) is 10.6 Å². The number of sulfonamides is 1. The minimum absolute atomic E-state index is 0.0862. The molecule has 3 aromatic carbocycles. The van der Waals surface area contributed by atoms with Gasteiger partial charge in [-0.1, -0.05) is 48.0 Å². The number of aryl methyl sites for hydroxylation is 2. The molecule has 0 atom stereocenters. The first-order valence-corrected chi connectivity index (χ1v) is 11.7. The van der Waals surface area contributed by atoms with Gasteiger partial charge in [0.2, 0.25) is 0 Å². The highest BCUT2D eigenvalue weighted by Gasteiger charge is 2.25. The van der Waals surface area contributed by atoms with E-state index in [1.807, 2.05) is 36.9 Å². The molecule has 1 amide bonds. The number of rotatable bonds is 4. The Bertz CT molecular complexity index is 1230. The molecule has 31 heavy (non-hydrogen) atoms. The van der Waals surface area contributed by atoms with E-state index >= 15 is 0 Å². The molecule has 160 valence electrons. The molecule has 0 aromatic heterocycles. The number of anilines is 1. The van der Waals surface area contributed by atoms with E-state index in [9.17, 15) is 13.2 Å². The van der Waals surface area contributed by atoms with Crippen molar-refractivity contribution in [2.45, 2.75) is 31.7 Å². The molecule has 0 aliphatic carbocycles. The van der Waals surface area contributed by atoms with Gasteiger partial charge >= 0.3 is 0 Å². The van der Waals surface area contributed by atoms with Gasteiger partial charge < -0.3 is 4.90 Å². The van der Waals surface area contributed by atoms with Crippen molar-refractivity contribution in [2.75, 3.05) is 17.9 Å². The van der Waals surface area contributed by atoms with Gasteiger partial charge in [0, 0.05) is 25.7 Å². The largest absolute Gasteiger partial charge is 0.334 e. The van der Waals surface area contributed by atoms with Crippen LogP contribution < -0.4 is 4.31 Å². The van der Waals surface area contributed by atoms with Crippen molar-refractivity contribution in [1.82, 2.24) is 4.90 Å². The van der Waals surface area contributed by atoms with Crippen molar-refractivity contribution < 1.29 is 13.2 Å². The van der Waals surface area contributed by atoms with Gasteiger partial charge in [-0.2, -0.15) is 0 Å². The van der Waals surface area contributed by atoms with Gasteiger partial charge in [-0.05, 0) is 61.2 Å². The summed E-state index contributed by atoms with van der Waals surface area (Å²) in [6, 6.07) is 20.2. The Morgan fingerprint density at radius 1 is 0.935 bits per heavy atom. The maximum absolute atomic E-state index is 13.2. The molecular formula is C25H26N2O3S. The van der Waals surface area contributed by atoms with Crippen LogP contribution in [0, 0.1) is 13.8 Å². The second-order valence-corrected chi connectivity index (χ2v) is 10.0. The fraction of sp³-hybridized carbons (Fsp3) is 0.240. The number of hydrogen-bond acceptors (Lipinski definition) is 3. The minimum Gasteiger partial charge on any atom is -0.334 e. The maximum atomic E-state index is 13.2. The molecule has 6 heteroatoms. The number of amides is 1. The number of nitrogens with zero attached hydrogens (tertiary/aromatic N) is 2. The molecule has 0 N–H and O–H groups in total. The zero-order chi connectivity index (χ0) is 22.2. The molecule has 0 spiro atoms. The van der Waals surface area contributed by atoms with E-state index in [1.54, 1.807) is 36.4 Å². The van der Waals surface area contributed by atoms with Crippen molar-refractivity contribution in [3.05, 3.63) is 94.5 Å². The maximum Gasteiger partial charge on any atom is 0.264 e. The Morgan fingerprint density at radius 3 is 2.32 bits per heavy atom. The molecule has 0 fully saturated rings. The lowest BCUT2D eigenvalue weighted by Gasteiger charge is -2.29. The standard InChI is InChI=1S/C25H26N2O3S/c1-18-8-12-23(13-9-18)31(29,30)26(3)24-16-21(11-10-19(24)2)25(28)27-15-14-20-6-4-5-7-22(20)17-27/h4-13,16H,14-15,17H2,1-3H3. The summed E-state index contributed by atoms with van der Waals surface area (Å²) in [5, 5.41) is 0. The third-order valence-corrected chi connectivity index (χ3v) is 7.68. The van der Waals surface area contributed by atoms with Crippen molar-refractivity contribution in [3.63, 3.8) is 0 Å². The minimum atomic E-state index is -3.73. The van der Waals surface area contributed by atoms with E-state index in [-0.39, 0.29) is 10.8 Å². The molecule has 3 aromatic rings. The SMILES string of the molecule is Cc1ccc(S(=O)(=O)N(C)c2cc(C(=O)N3CCc4ccccc4C3)ccc2C)cc1. The van der Waals surface area contributed by atoms with E-state index in [0.29, 0.717) is 24.3 Å². The fourth-order valence-corrected chi connectivity index (χ4v) is 5.18. The summed E-state index contributed by atoms with van der Waals surface area (Å²) in [5.74, 6) is -0.0862. The van der Waals surface area contributed by atoms with Crippen LogP contribution in [-0.4, -0.2) is 32.8 Å². The molecule has 1 heterocycles. The van der Waals surface area contributed by atoms with E-state index in [2.05, 4.69) is 12.1 Å². The zero-order valence-electron chi connectivity index (χ0n) is 18.0. The summed E-state index contributed by atoms with van der Waals surface area (Å²) in [6.45, 7) is 4.98. The molecule has 0 radical (unpaired) electrons. The number of benzene rings is 3. The first kappa shape index (κ1) is 21.1. The Hall–Kier alpha value is -3.12. The monoisotopic (exact) mass is 434 g/mol. The molecule has 0 unspecified atom stereocenters. The van der Waals surface area contributed by atoms with Gasteiger partial charge in [0.25, 0.3) is 15.9 Å². The number of carbonyl (C=O) groups excluding carboxylic acids is 1. The molecule has 0 bridgehead atoms. The lowest BCUT2D eigenvalue weighted by molar-refractivity contribution is 0.0734. The number of hydrogen-bond donors (Lipinski definition) is 0. The third kappa shape index (κ3) is 4.08. The Morgan fingerprint density at radius 2 is 1.61 bits per heavy atom. The number of carbonyl (C=O) groups is 1. The predicted molar refractivity (Wildman–Crippen MR) is 123 cm³/mol. The lowest BCUT2D eigenvalue weighted by Crippen LogP contribution is -2.36. The molecule has 0 saturated heterocycles. The lowest BCUT2D eigenvalue weighted by atomic mass is 9.99. The smallest absolute Gasteiger partial charge is 0.264 e. The predicted octanol–water partition coefficient (Wildman–Crippen LogP) is 4.33. The first-order valence-electron chi connectivity index (χ1n) is 10.3. The second-order valence-electron chi connectivity index (χ2n) is 8.03. The van der Waals surface area contributed by atoms with Gasteiger partial charge in [-0.15, -0.1) is 0 Å². The molecular weight excluding hydrogens is 408 g/mol. The normalized spacial score (nSPS) is 13.6. The Labute approximate surface area is 184 Å². The average molecular weight is 435 g/mol. The van der Waals surface area contributed by atoms with Crippen LogP contribution in [0.15, 0.2) is 71.6 Å². The summed E-state index contributed by atoms with van der Waals surface area (Å²) in [7, 11) is -2.20. The van der Waals surface area contributed by atoms with Crippen molar-refractivity contribution in [2.24, 2.45) is 0 Å². The van der Waals surface area contributed by atoms with Crippen LogP contribution in [0.4, 0.5) is 5.69 Å². The van der Waals surface area contributed by atoms with Crippen LogP contribution in [0.2, 0.25) is 0 Å². The van der Waals surface area contributed by atoms with E-state index in [0.717, 1.165) is 23.1 Å². The van der Waals surface area contributed by atoms with Gasteiger partial charge in [-0.25, -0.2) is 8.42 Å². The van der Waals surface area contributed by atoms with Crippen LogP contribution >= 0.6 is 0 Å². The van der Waals surface area contributed by atoms with Crippen molar-refractivity contribution in [1.29, 1.82) is 0 Å². The summed E-state index contributed by atoms with van der Waals surface area (Å²) in [4.78, 5) is 15.3. The summed E-state index contributed by atoms with van der Waals surface area (Å²) >= 11 is 0. The molecule has 1 aliphatic rings. The first-order chi connectivity index (χ1) is 14.8. The van der Waals surface area contributed by atoms with Gasteiger partial charge in [-0.3, -0.25) is 9.10 Å². The highest BCUT2D eigenvalue weighted by Crippen LogP contribution is 2.28. The van der Waals surface area contributed by atoms with E-state index < -0.39 is 10.0 Å². The summed E-state index contributed by atoms with van der Waals surface area (Å²) in [6.07, 6.45) is 0.822. The zero-order valence-corrected chi connectivity index (χ0v) is 18.8. The molecule has 1 aliphatic heterocycles.